The highest BCUT2D eigenvalue weighted by Gasteiger charge is 2.42. The molecule has 0 radical (unpaired) electrons. The number of nitro benzene ring substituents is 1. The average molecular weight is 385 g/mol. The number of Topliss-reactive ketones (excluding diaryl/α,β-unsaturated/α-hetero) is 1. The van der Waals surface area contributed by atoms with E-state index < -0.39 is 22.4 Å². The summed E-state index contributed by atoms with van der Waals surface area (Å²) in [5, 5.41) is 28.9. The maximum absolute atomic E-state index is 13.0. The van der Waals surface area contributed by atoms with E-state index in [4.69, 9.17) is 4.74 Å². The number of nitro groups is 1. The van der Waals surface area contributed by atoms with Gasteiger partial charge in [0.2, 0.25) is 11.7 Å². The van der Waals surface area contributed by atoms with Gasteiger partial charge in [-0.3, -0.25) is 14.9 Å². The third kappa shape index (κ3) is 2.68. The number of carbonyl (C=O) groups is 1. The number of ketones is 1. The summed E-state index contributed by atoms with van der Waals surface area (Å²) in [5.74, 6) is -0.215. The minimum absolute atomic E-state index is 0.0462. The van der Waals surface area contributed by atoms with Crippen molar-refractivity contribution in [2.75, 3.05) is 12.4 Å². The smallest absolute Gasteiger partial charge is 0.315 e. The number of aromatic nitrogens is 3. The van der Waals surface area contributed by atoms with Crippen LogP contribution in [0.1, 0.15) is 38.3 Å². The number of carbonyl (C=O) groups excluding carboxylic acids is 1. The molecular formula is C18H19N5O5. The van der Waals surface area contributed by atoms with Gasteiger partial charge in [0.05, 0.1) is 12.0 Å². The molecule has 0 saturated carbocycles. The number of allylic oxidation sites excluding steroid dienone is 2. The quantitative estimate of drug-likeness (QED) is 0.608. The van der Waals surface area contributed by atoms with Crippen LogP contribution in [0.3, 0.4) is 0 Å². The molecule has 146 valence electrons. The van der Waals surface area contributed by atoms with Crippen molar-refractivity contribution in [1.29, 1.82) is 0 Å². The number of rotatable bonds is 3. The summed E-state index contributed by atoms with van der Waals surface area (Å²) in [7, 11) is 1.31. The number of phenols is 1. The molecule has 2 heterocycles. The highest BCUT2D eigenvalue weighted by atomic mass is 16.6. The molecule has 0 fully saturated rings. The largest absolute Gasteiger partial charge is 0.500 e. The monoisotopic (exact) mass is 385 g/mol. The van der Waals surface area contributed by atoms with Crippen molar-refractivity contribution in [1.82, 2.24) is 14.8 Å². The normalized spacial score (nSPS) is 20.2. The fourth-order valence-electron chi connectivity index (χ4n) is 3.92. The van der Waals surface area contributed by atoms with E-state index in [0.717, 1.165) is 5.70 Å². The summed E-state index contributed by atoms with van der Waals surface area (Å²) in [4.78, 5) is 27.9. The topological polar surface area (TPSA) is 132 Å². The number of hydrogen-bond acceptors (Lipinski definition) is 8. The van der Waals surface area contributed by atoms with Crippen molar-refractivity contribution < 1.29 is 19.6 Å². The van der Waals surface area contributed by atoms with Crippen LogP contribution in [0, 0.1) is 15.5 Å². The molecule has 2 N–H and O–H groups in total. The predicted octanol–water partition coefficient (Wildman–Crippen LogP) is 2.56. The molecule has 0 amide bonds. The van der Waals surface area contributed by atoms with E-state index in [-0.39, 0.29) is 16.9 Å². The Balaban J connectivity index is 1.96. The van der Waals surface area contributed by atoms with Crippen LogP contribution in [-0.4, -0.2) is 37.7 Å². The van der Waals surface area contributed by atoms with Crippen molar-refractivity contribution in [3.05, 3.63) is 45.4 Å². The first kappa shape index (κ1) is 18.0. The molecule has 0 unspecified atom stereocenters. The van der Waals surface area contributed by atoms with Gasteiger partial charge in [-0.25, -0.2) is 4.68 Å². The first-order valence-electron chi connectivity index (χ1n) is 8.70. The number of ether oxygens (including phenoxy) is 1. The summed E-state index contributed by atoms with van der Waals surface area (Å²) < 4.78 is 6.63. The molecule has 1 aromatic heterocycles. The van der Waals surface area contributed by atoms with Gasteiger partial charge in [0.1, 0.15) is 12.4 Å². The second-order valence-electron chi connectivity index (χ2n) is 7.74. The molecular weight excluding hydrogens is 366 g/mol. The molecule has 10 nitrogen and oxygen atoms in total. The Hall–Kier alpha value is -3.43. The second-order valence-corrected chi connectivity index (χ2v) is 7.74. The van der Waals surface area contributed by atoms with Crippen LogP contribution in [-0.2, 0) is 4.79 Å². The lowest BCUT2D eigenvalue weighted by atomic mass is 9.73. The Labute approximate surface area is 160 Å². The zero-order valence-corrected chi connectivity index (χ0v) is 15.6. The van der Waals surface area contributed by atoms with Crippen LogP contribution in [0.25, 0.3) is 0 Å². The van der Waals surface area contributed by atoms with E-state index in [9.17, 15) is 20.0 Å². The molecule has 1 aliphatic heterocycles. The third-order valence-corrected chi connectivity index (χ3v) is 5.08. The Bertz CT molecular complexity index is 1040. The molecule has 2 aromatic rings. The molecule has 1 atom stereocenters. The van der Waals surface area contributed by atoms with Gasteiger partial charge in [0.25, 0.3) is 0 Å². The van der Waals surface area contributed by atoms with Gasteiger partial charge < -0.3 is 15.2 Å². The number of aromatic hydroxyl groups is 1. The van der Waals surface area contributed by atoms with Crippen LogP contribution in [0.2, 0.25) is 0 Å². The minimum Gasteiger partial charge on any atom is -0.500 e. The van der Waals surface area contributed by atoms with E-state index in [2.05, 4.69) is 15.4 Å². The lowest BCUT2D eigenvalue weighted by Crippen LogP contribution is -2.36. The number of phenolic OH excluding ortho intramolecular Hbond substituents is 1. The van der Waals surface area contributed by atoms with Gasteiger partial charge in [0.15, 0.2) is 11.5 Å². The highest BCUT2D eigenvalue weighted by Crippen LogP contribution is 2.47. The van der Waals surface area contributed by atoms with Crippen molar-refractivity contribution in [2.24, 2.45) is 5.41 Å². The van der Waals surface area contributed by atoms with Gasteiger partial charge in [0, 0.05) is 23.8 Å². The van der Waals surface area contributed by atoms with Gasteiger partial charge >= 0.3 is 5.69 Å². The van der Waals surface area contributed by atoms with Crippen molar-refractivity contribution >= 4 is 17.4 Å². The summed E-state index contributed by atoms with van der Waals surface area (Å²) >= 11 is 0. The lowest BCUT2D eigenvalue weighted by molar-refractivity contribution is -0.386. The third-order valence-electron chi connectivity index (χ3n) is 5.08. The van der Waals surface area contributed by atoms with Crippen LogP contribution in [0.15, 0.2) is 29.7 Å². The summed E-state index contributed by atoms with van der Waals surface area (Å²) in [5.41, 5.74) is 0.935. The first-order chi connectivity index (χ1) is 13.2. The Kier molecular flexibility index (Phi) is 3.88. The summed E-state index contributed by atoms with van der Waals surface area (Å²) in [6, 6.07) is 2.03. The number of nitrogens with zero attached hydrogens (tertiary/aromatic N) is 4. The number of anilines is 1. The number of nitrogens with one attached hydrogen (secondary N) is 1. The van der Waals surface area contributed by atoms with Crippen LogP contribution >= 0.6 is 0 Å². The Morgan fingerprint density at radius 1 is 1.39 bits per heavy atom. The fourth-order valence-corrected chi connectivity index (χ4v) is 3.92. The number of methoxy groups -OCH3 is 1. The van der Waals surface area contributed by atoms with Crippen LogP contribution < -0.4 is 10.1 Å². The van der Waals surface area contributed by atoms with E-state index in [1.807, 2.05) is 13.8 Å². The highest BCUT2D eigenvalue weighted by molar-refractivity contribution is 6.00. The Morgan fingerprint density at radius 2 is 2.14 bits per heavy atom. The zero-order chi connectivity index (χ0) is 20.2. The maximum atomic E-state index is 13.0. The van der Waals surface area contributed by atoms with Crippen LogP contribution in [0.4, 0.5) is 11.6 Å². The fraction of sp³-hybridized carbons (Fsp3) is 0.389. The number of benzene rings is 1. The van der Waals surface area contributed by atoms with Gasteiger partial charge in [-0.15, -0.1) is 0 Å². The summed E-state index contributed by atoms with van der Waals surface area (Å²) in [6.45, 7) is 4.03. The van der Waals surface area contributed by atoms with Crippen molar-refractivity contribution in [3.8, 4) is 11.5 Å². The zero-order valence-electron chi connectivity index (χ0n) is 15.6. The van der Waals surface area contributed by atoms with E-state index in [0.29, 0.717) is 29.9 Å². The molecule has 4 rings (SSSR count). The van der Waals surface area contributed by atoms with E-state index in [1.54, 1.807) is 0 Å². The predicted molar refractivity (Wildman–Crippen MR) is 98.1 cm³/mol. The molecule has 2 aliphatic rings. The van der Waals surface area contributed by atoms with Gasteiger partial charge in [-0.05, 0) is 23.5 Å². The van der Waals surface area contributed by atoms with Crippen molar-refractivity contribution in [2.45, 2.75) is 32.7 Å². The van der Waals surface area contributed by atoms with Gasteiger partial charge in [-0.1, -0.05) is 13.8 Å². The minimum atomic E-state index is -0.703. The lowest BCUT2D eigenvalue weighted by Gasteiger charge is -2.38. The summed E-state index contributed by atoms with van der Waals surface area (Å²) in [6.07, 6.45) is 2.34. The number of fused-ring (bicyclic) bond motifs is 1. The molecule has 0 bridgehead atoms. The van der Waals surface area contributed by atoms with Crippen molar-refractivity contribution in [3.63, 3.8) is 0 Å². The SMILES string of the molecule is COc1cc([C@H]2C3=C(CC(C)(C)CC3=O)Nc3ncnn32)cc([N+](=O)[O-])c1O. The molecule has 1 aliphatic carbocycles. The van der Waals surface area contributed by atoms with E-state index in [1.165, 1.54) is 30.3 Å². The Morgan fingerprint density at radius 3 is 2.82 bits per heavy atom. The standard InChI is InChI=1S/C18H19N5O5/c1-18(2)6-10-14(12(24)7-18)15(22-17(21-10)19-8-20-22)9-4-11(23(26)27)16(25)13(5-9)28-3/h4-5,8,15,25H,6-7H2,1-3H3,(H,19,20,21)/t15-/m0/s1. The molecule has 1 aromatic carbocycles. The first-order valence-corrected chi connectivity index (χ1v) is 8.70. The molecule has 0 saturated heterocycles. The maximum Gasteiger partial charge on any atom is 0.315 e. The second kappa shape index (κ2) is 6.04. The average Bonchev–Trinajstić information content (AvgIpc) is 3.07. The molecule has 10 heteroatoms. The van der Waals surface area contributed by atoms with E-state index >= 15 is 0 Å². The molecule has 0 spiro atoms. The molecule has 28 heavy (non-hydrogen) atoms. The number of hydrogen-bond donors (Lipinski definition) is 2. The van der Waals surface area contributed by atoms with Crippen LogP contribution in [0.5, 0.6) is 11.5 Å². The van der Waals surface area contributed by atoms with Gasteiger partial charge in [-0.2, -0.15) is 10.1 Å².